The Balaban J connectivity index is 1.51. The number of nitrogens with zero attached hydrogens (tertiary/aromatic N) is 1. The summed E-state index contributed by atoms with van der Waals surface area (Å²) in [5.41, 5.74) is 2.62. The van der Waals surface area contributed by atoms with Gasteiger partial charge in [0.2, 0.25) is 10.0 Å². The van der Waals surface area contributed by atoms with Gasteiger partial charge in [0.1, 0.15) is 5.75 Å². The first-order chi connectivity index (χ1) is 14.7. The van der Waals surface area contributed by atoms with E-state index < -0.39 is 28.5 Å². The van der Waals surface area contributed by atoms with E-state index in [0.717, 1.165) is 23.6 Å². The minimum Gasteiger partial charge on any atom is -0.482 e. The second-order valence-corrected chi connectivity index (χ2v) is 9.77. The molecule has 2 aromatic carbocycles. The first kappa shape index (κ1) is 23.1. The molecule has 1 amide bonds. The maximum atomic E-state index is 12.2. The van der Waals surface area contributed by atoms with E-state index in [0.29, 0.717) is 5.75 Å². The van der Waals surface area contributed by atoms with Gasteiger partial charge in [0, 0.05) is 14.1 Å². The number of hydrogen-bond acceptors (Lipinski definition) is 6. The van der Waals surface area contributed by atoms with Gasteiger partial charge in [0.15, 0.2) is 13.2 Å². The number of hydrogen-bond donors (Lipinski definition) is 1. The highest BCUT2D eigenvalue weighted by molar-refractivity contribution is 7.89. The quantitative estimate of drug-likeness (QED) is 0.600. The normalized spacial score (nSPS) is 13.0. The van der Waals surface area contributed by atoms with Crippen molar-refractivity contribution >= 4 is 39.2 Å². The fourth-order valence-corrected chi connectivity index (χ4v) is 4.22. The number of carbonyl (C=O) groups is 2. The molecule has 0 saturated carbocycles. The Hall–Kier alpha value is -2.62. The van der Waals surface area contributed by atoms with Gasteiger partial charge in [-0.15, -0.1) is 0 Å². The maximum absolute atomic E-state index is 12.2. The fraction of sp³-hybridized carbons (Fsp3) is 0.333. The molecule has 1 aliphatic carbocycles. The highest BCUT2D eigenvalue weighted by Gasteiger charge is 2.19. The summed E-state index contributed by atoms with van der Waals surface area (Å²) in [6, 6.07) is 9.66. The van der Waals surface area contributed by atoms with Crippen LogP contribution in [0.2, 0.25) is 5.02 Å². The van der Waals surface area contributed by atoms with Crippen molar-refractivity contribution < 1.29 is 27.5 Å². The molecule has 0 aliphatic heterocycles. The number of rotatable bonds is 8. The average molecular weight is 467 g/mol. The lowest BCUT2D eigenvalue weighted by molar-refractivity contribution is -0.149. The van der Waals surface area contributed by atoms with Gasteiger partial charge in [-0.3, -0.25) is 4.79 Å². The molecule has 2 aromatic rings. The maximum Gasteiger partial charge on any atom is 0.344 e. The molecule has 0 radical (unpaired) electrons. The fourth-order valence-electron chi connectivity index (χ4n) is 3.13. The first-order valence-corrected chi connectivity index (χ1v) is 11.4. The molecule has 31 heavy (non-hydrogen) atoms. The summed E-state index contributed by atoms with van der Waals surface area (Å²) in [5.74, 6) is -0.786. The number of halogens is 1. The number of sulfonamides is 1. The molecule has 1 N–H and O–H groups in total. The lowest BCUT2D eigenvalue weighted by atomic mass is 10.1. The Kier molecular flexibility index (Phi) is 7.19. The zero-order valence-corrected chi connectivity index (χ0v) is 18.8. The van der Waals surface area contributed by atoms with E-state index in [-0.39, 0.29) is 22.2 Å². The van der Waals surface area contributed by atoms with Gasteiger partial charge in [0.05, 0.1) is 15.6 Å². The molecule has 0 fully saturated rings. The van der Waals surface area contributed by atoms with Gasteiger partial charge in [-0.25, -0.2) is 17.5 Å². The predicted molar refractivity (Wildman–Crippen MR) is 116 cm³/mol. The van der Waals surface area contributed by atoms with Crippen molar-refractivity contribution in [1.82, 2.24) is 4.31 Å². The number of fused-ring (bicyclic) bond motifs is 1. The van der Waals surface area contributed by atoms with Crippen LogP contribution < -0.4 is 10.1 Å². The number of ether oxygens (including phenoxy) is 2. The summed E-state index contributed by atoms with van der Waals surface area (Å²) in [5, 5.41) is 2.60. The largest absolute Gasteiger partial charge is 0.482 e. The summed E-state index contributed by atoms with van der Waals surface area (Å²) in [4.78, 5) is 24.0. The van der Waals surface area contributed by atoms with E-state index in [1.54, 1.807) is 6.07 Å². The summed E-state index contributed by atoms with van der Waals surface area (Å²) in [6.07, 6.45) is 3.17. The van der Waals surface area contributed by atoms with Gasteiger partial charge in [0.25, 0.3) is 5.91 Å². The van der Waals surface area contributed by atoms with Crippen molar-refractivity contribution in [2.24, 2.45) is 0 Å². The van der Waals surface area contributed by atoms with Crippen LogP contribution in [0.4, 0.5) is 5.69 Å². The second-order valence-electron chi connectivity index (χ2n) is 7.21. The summed E-state index contributed by atoms with van der Waals surface area (Å²) >= 11 is 6.04. The van der Waals surface area contributed by atoms with Gasteiger partial charge in [-0.2, -0.15) is 0 Å². The number of anilines is 1. The molecule has 0 saturated heterocycles. The molecule has 0 bridgehead atoms. The summed E-state index contributed by atoms with van der Waals surface area (Å²) in [7, 11) is -0.903. The Bertz CT molecular complexity index is 1100. The summed E-state index contributed by atoms with van der Waals surface area (Å²) in [6.45, 7) is -0.892. The van der Waals surface area contributed by atoms with Gasteiger partial charge < -0.3 is 14.8 Å². The Labute approximate surface area is 186 Å². The van der Waals surface area contributed by atoms with Crippen molar-refractivity contribution in [3.05, 3.63) is 52.5 Å². The predicted octanol–water partition coefficient (Wildman–Crippen LogP) is 2.64. The van der Waals surface area contributed by atoms with Crippen LogP contribution in [0.25, 0.3) is 0 Å². The smallest absolute Gasteiger partial charge is 0.344 e. The van der Waals surface area contributed by atoms with Gasteiger partial charge in [-0.1, -0.05) is 17.7 Å². The van der Waals surface area contributed by atoms with Crippen LogP contribution in [-0.4, -0.2) is 51.9 Å². The first-order valence-electron chi connectivity index (χ1n) is 9.59. The number of nitrogens with one attached hydrogen (secondary N) is 1. The van der Waals surface area contributed by atoms with E-state index in [9.17, 15) is 18.0 Å². The van der Waals surface area contributed by atoms with Gasteiger partial charge >= 0.3 is 5.97 Å². The van der Waals surface area contributed by atoms with E-state index in [2.05, 4.69) is 5.32 Å². The lowest BCUT2D eigenvalue weighted by Crippen LogP contribution is -2.24. The van der Waals surface area contributed by atoms with E-state index in [4.69, 9.17) is 21.1 Å². The zero-order chi connectivity index (χ0) is 22.6. The molecule has 8 nitrogen and oxygen atoms in total. The highest BCUT2D eigenvalue weighted by Crippen LogP contribution is 2.27. The molecule has 0 aromatic heterocycles. The topological polar surface area (TPSA) is 102 Å². The van der Waals surface area contributed by atoms with Crippen molar-refractivity contribution in [3.8, 4) is 5.75 Å². The number of aryl methyl sites for hydroxylation is 2. The number of esters is 1. The minimum absolute atomic E-state index is 0.0306. The average Bonchev–Trinajstić information content (AvgIpc) is 3.20. The third kappa shape index (κ3) is 5.75. The van der Waals surface area contributed by atoms with Crippen LogP contribution in [0.1, 0.15) is 17.5 Å². The molecule has 0 heterocycles. The van der Waals surface area contributed by atoms with Crippen molar-refractivity contribution in [2.75, 3.05) is 32.6 Å². The minimum atomic E-state index is -3.69. The number of amides is 1. The summed E-state index contributed by atoms with van der Waals surface area (Å²) < 4.78 is 35.9. The van der Waals surface area contributed by atoms with Crippen LogP contribution in [0, 0.1) is 0 Å². The Morgan fingerprint density at radius 2 is 1.81 bits per heavy atom. The SMILES string of the molecule is CN(C)S(=O)(=O)c1ccc(Cl)c(NC(=O)COC(=O)COc2ccc3c(c2)CCC3)c1. The molecule has 0 unspecified atom stereocenters. The lowest BCUT2D eigenvalue weighted by Gasteiger charge is -2.14. The third-order valence-corrected chi connectivity index (χ3v) is 6.92. The van der Waals surface area contributed by atoms with Crippen molar-refractivity contribution in [3.63, 3.8) is 0 Å². The van der Waals surface area contributed by atoms with Crippen LogP contribution in [0.3, 0.4) is 0 Å². The molecule has 1 aliphatic rings. The Morgan fingerprint density at radius 1 is 1.06 bits per heavy atom. The van der Waals surface area contributed by atoms with Crippen LogP contribution in [-0.2, 0) is 37.2 Å². The standard InChI is InChI=1S/C21H23ClN2O6S/c1-24(2)31(27,28)17-8-9-18(22)19(11-17)23-20(25)12-30-21(26)13-29-16-7-6-14-4-3-5-15(14)10-16/h6-11H,3-5,12-13H2,1-2H3,(H,23,25). The molecule has 0 atom stereocenters. The van der Waals surface area contributed by atoms with E-state index in [1.807, 2.05) is 12.1 Å². The number of benzene rings is 2. The molecule has 166 valence electrons. The van der Waals surface area contributed by atoms with E-state index in [1.165, 1.54) is 43.4 Å². The van der Waals surface area contributed by atoms with Crippen molar-refractivity contribution in [1.29, 1.82) is 0 Å². The van der Waals surface area contributed by atoms with E-state index >= 15 is 0 Å². The molecule has 10 heteroatoms. The molecule has 0 spiro atoms. The van der Waals surface area contributed by atoms with Crippen LogP contribution in [0.5, 0.6) is 5.75 Å². The third-order valence-electron chi connectivity index (χ3n) is 4.78. The molecule has 3 rings (SSSR count). The van der Waals surface area contributed by atoms with Crippen LogP contribution >= 0.6 is 11.6 Å². The highest BCUT2D eigenvalue weighted by atomic mass is 35.5. The Morgan fingerprint density at radius 3 is 2.55 bits per heavy atom. The molecular formula is C21H23ClN2O6S. The zero-order valence-electron chi connectivity index (χ0n) is 17.2. The second kappa shape index (κ2) is 9.67. The van der Waals surface area contributed by atoms with Crippen molar-refractivity contribution in [2.45, 2.75) is 24.2 Å². The molecular weight excluding hydrogens is 444 g/mol. The monoisotopic (exact) mass is 466 g/mol. The number of carbonyl (C=O) groups excluding carboxylic acids is 2. The van der Waals surface area contributed by atoms with Gasteiger partial charge in [-0.05, 0) is 60.7 Å². The van der Waals surface area contributed by atoms with Crippen LogP contribution in [0.15, 0.2) is 41.3 Å².